The molecule has 0 bridgehead atoms. The molecule has 1 heterocycles. The van der Waals surface area contributed by atoms with E-state index >= 15 is 0 Å². The molecule has 5 nitrogen and oxygen atoms in total. The number of morpholine rings is 1. The van der Waals surface area contributed by atoms with Crippen molar-refractivity contribution >= 4 is 23.4 Å². The second-order valence-electron chi connectivity index (χ2n) is 6.74. The molecule has 0 aliphatic carbocycles. The third-order valence-corrected chi connectivity index (χ3v) is 5.58. The maximum atomic E-state index is 5.47. The van der Waals surface area contributed by atoms with Crippen molar-refractivity contribution in [2.45, 2.75) is 32.1 Å². The molecule has 140 valence electrons. The molecule has 2 rings (SSSR count). The summed E-state index contributed by atoms with van der Waals surface area (Å²) in [5.41, 5.74) is 2.53. The highest BCUT2D eigenvalue weighted by atomic mass is 32.2. The third-order valence-electron chi connectivity index (χ3n) is 4.33. The Balaban J connectivity index is 2.06. The lowest BCUT2D eigenvalue weighted by molar-refractivity contribution is 0.122. The van der Waals surface area contributed by atoms with E-state index in [1.807, 2.05) is 11.8 Å². The Morgan fingerprint density at radius 2 is 1.96 bits per heavy atom. The van der Waals surface area contributed by atoms with Crippen LogP contribution >= 0.6 is 11.8 Å². The summed E-state index contributed by atoms with van der Waals surface area (Å²) in [6.07, 6.45) is 2.14. The van der Waals surface area contributed by atoms with E-state index in [0.29, 0.717) is 6.54 Å². The maximum absolute atomic E-state index is 5.47. The van der Waals surface area contributed by atoms with Crippen molar-refractivity contribution < 1.29 is 4.74 Å². The largest absolute Gasteiger partial charge is 0.378 e. The van der Waals surface area contributed by atoms with Crippen LogP contribution in [0.2, 0.25) is 0 Å². The fraction of sp³-hybridized carbons (Fsp3) is 0.632. The number of hydrogen-bond donors (Lipinski definition) is 2. The second kappa shape index (κ2) is 9.92. The summed E-state index contributed by atoms with van der Waals surface area (Å²) in [5.74, 6) is 0.876. The second-order valence-corrected chi connectivity index (χ2v) is 8.25. The molecule has 6 heteroatoms. The minimum atomic E-state index is 0.182. The molecule has 2 N–H and O–H groups in total. The smallest absolute Gasteiger partial charge is 0.191 e. The van der Waals surface area contributed by atoms with Gasteiger partial charge < -0.3 is 20.3 Å². The van der Waals surface area contributed by atoms with Gasteiger partial charge in [0.2, 0.25) is 0 Å². The maximum Gasteiger partial charge on any atom is 0.191 e. The van der Waals surface area contributed by atoms with E-state index in [2.05, 4.69) is 66.8 Å². The topological polar surface area (TPSA) is 48.9 Å². The number of guanidine groups is 1. The molecule has 0 spiro atoms. The van der Waals surface area contributed by atoms with Crippen molar-refractivity contribution in [2.75, 3.05) is 50.5 Å². The molecule has 1 fully saturated rings. The number of ether oxygens (including phenoxy) is 1. The quantitative estimate of drug-likeness (QED) is 0.575. The fourth-order valence-electron chi connectivity index (χ4n) is 2.63. The highest BCUT2D eigenvalue weighted by Crippen LogP contribution is 2.22. The average Bonchev–Trinajstić information content (AvgIpc) is 2.65. The van der Waals surface area contributed by atoms with Crippen molar-refractivity contribution in [3.63, 3.8) is 0 Å². The van der Waals surface area contributed by atoms with Crippen LogP contribution in [0.3, 0.4) is 0 Å². The van der Waals surface area contributed by atoms with Crippen LogP contribution in [0.5, 0.6) is 0 Å². The van der Waals surface area contributed by atoms with Crippen LogP contribution < -0.4 is 15.5 Å². The summed E-state index contributed by atoms with van der Waals surface area (Å²) in [4.78, 5) is 7.20. The lowest BCUT2D eigenvalue weighted by Gasteiger charge is -2.30. The molecule has 1 aromatic carbocycles. The summed E-state index contributed by atoms with van der Waals surface area (Å²) in [5, 5.41) is 6.81. The molecule has 1 aliphatic rings. The molecule has 0 unspecified atom stereocenters. The predicted octanol–water partition coefficient (Wildman–Crippen LogP) is 2.72. The van der Waals surface area contributed by atoms with Gasteiger partial charge in [-0.2, -0.15) is 11.8 Å². The van der Waals surface area contributed by atoms with Crippen LogP contribution in [0, 0.1) is 0 Å². The van der Waals surface area contributed by atoms with Crippen molar-refractivity contribution in [1.29, 1.82) is 0 Å². The lowest BCUT2D eigenvalue weighted by Crippen LogP contribution is -2.43. The Morgan fingerprint density at radius 1 is 1.24 bits per heavy atom. The SMILES string of the molecule is CCNC(=NCc1ccccc1N1CCOCC1)NCC(C)(C)SC. The van der Waals surface area contributed by atoms with Gasteiger partial charge in [-0.15, -0.1) is 0 Å². The standard InChI is InChI=1S/C19H32N4OS/c1-5-20-18(22-15-19(2,3)25-4)21-14-16-8-6-7-9-17(16)23-10-12-24-13-11-23/h6-9H,5,10-15H2,1-4H3,(H2,20,21,22). The number of nitrogens with one attached hydrogen (secondary N) is 2. The first-order valence-corrected chi connectivity index (χ1v) is 10.3. The summed E-state index contributed by atoms with van der Waals surface area (Å²) in [6.45, 7) is 12.5. The van der Waals surface area contributed by atoms with Gasteiger partial charge in [0.15, 0.2) is 5.96 Å². The van der Waals surface area contributed by atoms with Gasteiger partial charge in [-0.3, -0.25) is 0 Å². The Hall–Kier alpha value is -1.40. The lowest BCUT2D eigenvalue weighted by atomic mass is 10.1. The molecule has 1 aromatic rings. The van der Waals surface area contributed by atoms with E-state index in [-0.39, 0.29) is 4.75 Å². The molecule has 1 aliphatic heterocycles. The zero-order valence-corrected chi connectivity index (χ0v) is 16.8. The summed E-state index contributed by atoms with van der Waals surface area (Å²) in [7, 11) is 0. The molecule has 0 atom stereocenters. The van der Waals surface area contributed by atoms with E-state index < -0.39 is 0 Å². The predicted molar refractivity (Wildman–Crippen MR) is 110 cm³/mol. The first-order chi connectivity index (χ1) is 12.1. The van der Waals surface area contributed by atoms with Crippen LogP contribution in [-0.4, -0.2) is 56.4 Å². The highest BCUT2D eigenvalue weighted by molar-refractivity contribution is 7.99. The summed E-state index contributed by atoms with van der Waals surface area (Å²) in [6, 6.07) is 8.55. The molecule has 0 radical (unpaired) electrons. The van der Waals surface area contributed by atoms with Gasteiger partial charge in [-0.05, 0) is 38.7 Å². The molecular formula is C19H32N4OS. The van der Waals surface area contributed by atoms with E-state index in [1.165, 1.54) is 11.3 Å². The van der Waals surface area contributed by atoms with Crippen molar-refractivity contribution in [2.24, 2.45) is 4.99 Å². The third kappa shape index (κ3) is 6.44. The number of anilines is 1. The zero-order valence-electron chi connectivity index (χ0n) is 16.0. The average molecular weight is 365 g/mol. The van der Waals surface area contributed by atoms with Gasteiger partial charge in [0, 0.05) is 36.6 Å². The minimum absolute atomic E-state index is 0.182. The number of thioether (sulfide) groups is 1. The van der Waals surface area contributed by atoms with Gasteiger partial charge >= 0.3 is 0 Å². The van der Waals surface area contributed by atoms with Crippen LogP contribution in [-0.2, 0) is 11.3 Å². The van der Waals surface area contributed by atoms with E-state index in [9.17, 15) is 0 Å². The van der Waals surface area contributed by atoms with Gasteiger partial charge in [-0.1, -0.05) is 18.2 Å². The number of nitrogens with zero attached hydrogens (tertiary/aromatic N) is 2. The van der Waals surface area contributed by atoms with Crippen LogP contribution in [0.25, 0.3) is 0 Å². The Morgan fingerprint density at radius 3 is 2.64 bits per heavy atom. The molecular weight excluding hydrogens is 332 g/mol. The van der Waals surface area contributed by atoms with Crippen molar-refractivity contribution in [1.82, 2.24) is 10.6 Å². The van der Waals surface area contributed by atoms with E-state index in [0.717, 1.165) is 45.4 Å². The number of aliphatic imine (C=N–C) groups is 1. The van der Waals surface area contributed by atoms with Gasteiger partial charge in [0.1, 0.15) is 0 Å². The fourth-order valence-corrected chi connectivity index (χ4v) is 2.85. The van der Waals surface area contributed by atoms with Crippen LogP contribution in [0.15, 0.2) is 29.3 Å². The Kier molecular flexibility index (Phi) is 7.90. The summed E-state index contributed by atoms with van der Waals surface area (Å²) >= 11 is 1.86. The van der Waals surface area contributed by atoms with Crippen molar-refractivity contribution in [3.8, 4) is 0 Å². The molecule has 25 heavy (non-hydrogen) atoms. The Labute approximate surface area is 156 Å². The van der Waals surface area contributed by atoms with Crippen LogP contribution in [0.4, 0.5) is 5.69 Å². The van der Waals surface area contributed by atoms with Gasteiger partial charge in [0.25, 0.3) is 0 Å². The van der Waals surface area contributed by atoms with E-state index in [1.54, 1.807) is 0 Å². The number of rotatable bonds is 7. The monoisotopic (exact) mass is 364 g/mol. The number of benzene rings is 1. The minimum Gasteiger partial charge on any atom is -0.378 e. The number of para-hydroxylation sites is 1. The summed E-state index contributed by atoms with van der Waals surface area (Å²) < 4.78 is 5.66. The molecule has 0 amide bonds. The molecule has 1 saturated heterocycles. The van der Waals surface area contributed by atoms with E-state index in [4.69, 9.17) is 9.73 Å². The Bertz CT molecular complexity index is 556. The first kappa shape index (κ1) is 19.9. The zero-order chi connectivity index (χ0) is 18.1. The number of hydrogen-bond acceptors (Lipinski definition) is 4. The highest BCUT2D eigenvalue weighted by Gasteiger charge is 2.17. The normalized spacial score (nSPS) is 16.0. The van der Waals surface area contributed by atoms with Crippen molar-refractivity contribution in [3.05, 3.63) is 29.8 Å². The van der Waals surface area contributed by atoms with Gasteiger partial charge in [0.05, 0.1) is 19.8 Å². The molecule has 0 aromatic heterocycles. The van der Waals surface area contributed by atoms with Gasteiger partial charge in [-0.25, -0.2) is 4.99 Å². The van der Waals surface area contributed by atoms with Crippen LogP contribution in [0.1, 0.15) is 26.3 Å². The first-order valence-electron chi connectivity index (χ1n) is 9.03. The molecule has 0 saturated carbocycles.